The molecular weight excluding hydrogens is 240 g/mol. The monoisotopic (exact) mass is 260 g/mol. The van der Waals surface area contributed by atoms with Crippen molar-refractivity contribution >= 4 is 5.91 Å². The molecule has 4 bridgehead atoms. The minimum Gasteiger partial charge on any atom is -0.390 e. The quantitative estimate of drug-likeness (QED) is 0.757. The second-order valence-corrected chi connectivity index (χ2v) is 6.79. The SMILES string of the molecule is O=C(NC1C2CC3CC1CC(O)(C3)C2)c1cc[nH]c1. The second kappa shape index (κ2) is 3.85. The molecule has 4 fully saturated rings. The van der Waals surface area contributed by atoms with E-state index in [1.54, 1.807) is 18.5 Å². The van der Waals surface area contributed by atoms with Crippen LogP contribution in [0.1, 0.15) is 42.5 Å². The second-order valence-electron chi connectivity index (χ2n) is 6.79. The van der Waals surface area contributed by atoms with Crippen LogP contribution >= 0.6 is 0 Å². The van der Waals surface area contributed by atoms with E-state index in [2.05, 4.69) is 10.3 Å². The Morgan fingerprint density at radius 3 is 2.63 bits per heavy atom. The maximum Gasteiger partial charge on any atom is 0.253 e. The van der Waals surface area contributed by atoms with Crippen LogP contribution in [0.3, 0.4) is 0 Å². The number of amides is 1. The summed E-state index contributed by atoms with van der Waals surface area (Å²) in [6.45, 7) is 0. The minimum absolute atomic E-state index is 0.0192. The molecule has 4 saturated carbocycles. The summed E-state index contributed by atoms with van der Waals surface area (Å²) < 4.78 is 0. The molecule has 2 unspecified atom stereocenters. The van der Waals surface area contributed by atoms with E-state index in [9.17, 15) is 9.90 Å². The Kier molecular flexibility index (Phi) is 2.34. The first kappa shape index (κ1) is 11.5. The van der Waals surface area contributed by atoms with Crippen LogP contribution in [-0.2, 0) is 0 Å². The van der Waals surface area contributed by atoms with E-state index in [1.165, 1.54) is 12.8 Å². The van der Waals surface area contributed by atoms with Crippen LogP contribution in [0, 0.1) is 17.8 Å². The number of hydrogen-bond donors (Lipinski definition) is 3. The van der Waals surface area contributed by atoms with Crippen LogP contribution in [-0.4, -0.2) is 27.6 Å². The first-order chi connectivity index (χ1) is 9.13. The van der Waals surface area contributed by atoms with Crippen molar-refractivity contribution < 1.29 is 9.90 Å². The van der Waals surface area contributed by atoms with Gasteiger partial charge in [0.05, 0.1) is 11.2 Å². The Morgan fingerprint density at radius 2 is 2.05 bits per heavy atom. The van der Waals surface area contributed by atoms with Gasteiger partial charge in [0.25, 0.3) is 5.91 Å². The van der Waals surface area contributed by atoms with Gasteiger partial charge in [-0.15, -0.1) is 0 Å². The highest BCUT2D eigenvalue weighted by molar-refractivity contribution is 5.94. The minimum atomic E-state index is -0.425. The molecule has 2 atom stereocenters. The fourth-order valence-electron chi connectivity index (χ4n) is 4.92. The molecule has 1 heterocycles. The molecule has 0 saturated heterocycles. The summed E-state index contributed by atoms with van der Waals surface area (Å²) in [4.78, 5) is 15.1. The fourth-order valence-corrected chi connectivity index (χ4v) is 4.92. The highest BCUT2D eigenvalue weighted by Crippen LogP contribution is 2.55. The summed E-state index contributed by atoms with van der Waals surface area (Å²) in [5, 5.41) is 13.7. The smallest absolute Gasteiger partial charge is 0.253 e. The molecule has 0 spiro atoms. The summed E-state index contributed by atoms with van der Waals surface area (Å²) in [6, 6.07) is 2.07. The van der Waals surface area contributed by atoms with Crippen molar-refractivity contribution in [3.8, 4) is 0 Å². The van der Waals surface area contributed by atoms with Gasteiger partial charge in [-0.3, -0.25) is 4.79 Å². The van der Waals surface area contributed by atoms with Crippen LogP contribution in [0.5, 0.6) is 0 Å². The molecule has 0 aliphatic heterocycles. The van der Waals surface area contributed by atoms with Gasteiger partial charge in [-0.05, 0) is 55.9 Å². The van der Waals surface area contributed by atoms with E-state index < -0.39 is 5.60 Å². The van der Waals surface area contributed by atoms with Crippen molar-refractivity contribution in [2.45, 2.75) is 43.7 Å². The number of hydrogen-bond acceptors (Lipinski definition) is 2. The Balaban J connectivity index is 1.52. The first-order valence-electron chi connectivity index (χ1n) is 7.29. The van der Waals surface area contributed by atoms with Gasteiger partial charge in [-0.2, -0.15) is 0 Å². The summed E-state index contributed by atoms with van der Waals surface area (Å²) in [7, 11) is 0. The van der Waals surface area contributed by atoms with E-state index in [1.807, 2.05) is 0 Å². The zero-order valence-corrected chi connectivity index (χ0v) is 10.9. The van der Waals surface area contributed by atoms with E-state index >= 15 is 0 Å². The lowest BCUT2D eigenvalue weighted by Crippen LogP contribution is -2.61. The number of carbonyl (C=O) groups excluding carboxylic acids is 1. The maximum absolute atomic E-state index is 12.2. The molecule has 3 N–H and O–H groups in total. The van der Waals surface area contributed by atoms with Crippen molar-refractivity contribution in [3.05, 3.63) is 24.0 Å². The van der Waals surface area contributed by atoms with Gasteiger partial charge in [0.2, 0.25) is 0 Å². The van der Waals surface area contributed by atoms with E-state index in [-0.39, 0.29) is 11.9 Å². The molecule has 4 aliphatic rings. The van der Waals surface area contributed by atoms with E-state index in [0.717, 1.165) is 19.3 Å². The number of H-pyrrole nitrogens is 1. The first-order valence-corrected chi connectivity index (χ1v) is 7.29. The molecule has 4 aliphatic carbocycles. The third-order valence-electron chi connectivity index (χ3n) is 5.40. The zero-order valence-electron chi connectivity index (χ0n) is 10.9. The molecule has 0 radical (unpaired) electrons. The highest BCUT2D eigenvalue weighted by atomic mass is 16.3. The van der Waals surface area contributed by atoms with E-state index in [0.29, 0.717) is 23.3 Å². The molecule has 1 aromatic heterocycles. The maximum atomic E-state index is 12.2. The normalized spacial score (nSPS) is 43.4. The molecule has 5 rings (SSSR count). The summed E-state index contributed by atoms with van der Waals surface area (Å²) >= 11 is 0. The van der Waals surface area contributed by atoms with Crippen molar-refractivity contribution in [3.63, 3.8) is 0 Å². The van der Waals surface area contributed by atoms with Gasteiger partial charge in [-0.1, -0.05) is 0 Å². The molecule has 102 valence electrons. The third kappa shape index (κ3) is 1.81. The van der Waals surface area contributed by atoms with Gasteiger partial charge in [0.1, 0.15) is 0 Å². The van der Waals surface area contributed by atoms with E-state index in [4.69, 9.17) is 0 Å². The zero-order chi connectivity index (χ0) is 13.0. The van der Waals surface area contributed by atoms with Gasteiger partial charge in [0.15, 0.2) is 0 Å². The highest BCUT2D eigenvalue weighted by Gasteiger charge is 2.54. The predicted octanol–water partition coefficient (Wildman–Crippen LogP) is 1.68. The van der Waals surface area contributed by atoms with Gasteiger partial charge in [-0.25, -0.2) is 0 Å². The summed E-state index contributed by atoms with van der Waals surface area (Å²) in [5.74, 6) is 1.65. The van der Waals surface area contributed by atoms with Gasteiger partial charge >= 0.3 is 0 Å². The summed E-state index contributed by atoms with van der Waals surface area (Å²) in [6.07, 6.45) is 8.59. The number of aromatic amines is 1. The van der Waals surface area contributed by atoms with Gasteiger partial charge < -0.3 is 15.4 Å². The number of nitrogens with one attached hydrogen (secondary N) is 2. The molecule has 0 aromatic carbocycles. The van der Waals surface area contributed by atoms with Crippen molar-refractivity contribution in [1.82, 2.24) is 10.3 Å². The Bertz CT molecular complexity index is 480. The standard InChI is InChI=1S/C15H20N2O2/c18-14(10-1-2-16-8-10)17-13-11-3-9-4-12(13)7-15(19,5-9)6-11/h1-2,8-9,11-13,16,19H,3-7H2,(H,17,18). The van der Waals surface area contributed by atoms with Crippen LogP contribution in [0.4, 0.5) is 0 Å². The Hall–Kier alpha value is -1.29. The number of aromatic nitrogens is 1. The van der Waals surface area contributed by atoms with Crippen LogP contribution in [0.15, 0.2) is 18.5 Å². The predicted molar refractivity (Wildman–Crippen MR) is 70.6 cm³/mol. The molecule has 1 amide bonds. The molecule has 19 heavy (non-hydrogen) atoms. The largest absolute Gasteiger partial charge is 0.390 e. The molecule has 4 nitrogen and oxygen atoms in total. The van der Waals surface area contributed by atoms with Gasteiger partial charge in [0, 0.05) is 18.4 Å². The van der Waals surface area contributed by atoms with Crippen molar-refractivity contribution in [2.24, 2.45) is 17.8 Å². The van der Waals surface area contributed by atoms with Crippen LogP contribution < -0.4 is 5.32 Å². The molecular formula is C15H20N2O2. The molecule has 4 heteroatoms. The topological polar surface area (TPSA) is 65.1 Å². The van der Waals surface area contributed by atoms with Crippen molar-refractivity contribution in [1.29, 1.82) is 0 Å². The average molecular weight is 260 g/mol. The van der Waals surface area contributed by atoms with Crippen LogP contribution in [0.2, 0.25) is 0 Å². The average Bonchev–Trinajstić information content (AvgIpc) is 2.85. The Labute approximate surface area is 112 Å². The lowest BCUT2D eigenvalue weighted by Gasteiger charge is -2.58. The summed E-state index contributed by atoms with van der Waals surface area (Å²) in [5.41, 5.74) is 0.277. The van der Waals surface area contributed by atoms with Crippen LogP contribution in [0.25, 0.3) is 0 Å². The fraction of sp³-hybridized carbons (Fsp3) is 0.667. The third-order valence-corrected chi connectivity index (χ3v) is 5.40. The lowest BCUT2D eigenvalue weighted by atomic mass is 9.52. The van der Waals surface area contributed by atoms with Crippen molar-refractivity contribution in [2.75, 3.05) is 0 Å². The number of aliphatic hydroxyl groups is 1. The lowest BCUT2D eigenvalue weighted by molar-refractivity contribution is -0.136. The molecule has 1 aromatic rings. The number of rotatable bonds is 2. The number of carbonyl (C=O) groups is 1. The Morgan fingerprint density at radius 1 is 1.32 bits per heavy atom.